The molecule has 1 aromatic carbocycles. The van der Waals surface area contributed by atoms with Gasteiger partial charge in [-0.1, -0.05) is 6.92 Å². The summed E-state index contributed by atoms with van der Waals surface area (Å²) in [6, 6.07) is 8.43. The SMILES string of the molecule is CCNCc1ccc(OCc2ccc(OC)cc2F)cn1. The van der Waals surface area contributed by atoms with Crippen LogP contribution >= 0.6 is 0 Å². The smallest absolute Gasteiger partial charge is 0.138 e. The number of rotatable bonds is 7. The second-order valence-electron chi connectivity index (χ2n) is 4.51. The van der Waals surface area contributed by atoms with Crippen molar-refractivity contribution in [3.63, 3.8) is 0 Å². The fraction of sp³-hybridized carbons (Fsp3) is 0.312. The Hall–Kier alpha value is -2.14. The Morgan fingerprint density at radius 1 is 1.19 bits per heavy atom. The van der Waals surface area contributed by atoms with E-state index in [0.29, 0.717) is 17.1 Å². The lowest BCUT2D eigenvalue weighted by atomic mass is 10.2. The molecule has 0 aliphatic heterocycles. The van der Waals surface area contributed by atoms with E-state index in [-0.39, 0.29) is 12.4 Å². The molecule has 21 heavy (non-hydrogen) atoms. The van der Waals surface area contributed by atoms with Crippen LogP contribution in [-0.2, 0) is 13.2 Å². The Bertz CT molecular complexity index is 573. The maximum Gasteiger partial charge on any atom is 0.138 e. The van der Waals surface area contributed by atoms with Crippen molar-refractivity contribution in [2.45, 2.75) is 20.1 Å². The molecule has 5 heteroatoms. The first-order valence-electron chi connectivity index (χ1n) is 6.83. The highest BCUT2D eigenvalue weighted by atomic mass is 19.1. The van der Waals surface area contributed by atoms with Crippen molar-refractivity contribution in [1.29, 1.82) is 0 Å². The largest absolute Gasteiger partial charge is 0.497 e. The van der Waals surface area contributed by atoms with Crippen LogP contribution in [0.25, 0.3) is 0 Å². The highest BCUT2D eigenvalue weighted by Gasteiger charge is 2.05. The number of halogens is 1. The quantitative estimate of drug-likeness (QED) is 0.851. The molecule has 0 unspecified atom stereocenters. The molecule has 1 aromatic heterocycles. The van der Waals surface area contributed by atoms with E-state index in [0.717, 1.165) is 18.8 Å². The molecule has 2 rings (SSSR count). The number of nitrogens with one attached hydrogen (secondary N) is 1. The second-order valence-corrected chi connectivity index (χ2v) is 4.51. The molecule has 1 heterocycles. The number of nitrogens with zero attached hydrogens (tertiary/aromatic N) is 1. The lowest BCUT2D eigenvalue weighted by Gasteiger charge is -2.09. The first-order valence-corrected chi connectivity index (χ1v) is 6.83. The summed E-state index contributed by atoms with van der Waals surface area (Å²) in [6.45, 7) is 3.82. The zero-order chi connectivity index (χ0) is 15.1. The van der Waals surface area contributed by atoms with E-state index in [9.17, 15) is 4.39 Å². The van der Waals surface area contributed by atoms with Crippen LogP contribution in [0.1, 0.15) is 18.2 Å². The lowest BCUT2D eigenvalue weighted by Crippen LogP contribution is -2.12. The van der Waals surface area contributed by atoms with Gasteiger partial charge in [-0.25, -0.2) is 4.39 Å². The molecule has 0 aliphatic rings. The molecule has 0 aliphatic carbocycles. The van der Waals surface area contributed by atoms with E-state index in [1.54, 1.807) is 18.3 Å². The number of methoxy groups -OCH3 is 1. The van der Waals surface area contributed by atoms with E-state index in [1.165, 1.54) is 13.2 Å². The number of aromatic nitrogens is 1. The van der Waals surface area contributed by atoms with Gasteiger partial charge in [0.25, 0.3) is 0 Å². The maximum atomic E-state index is 13.8. The molecule has 2 aromatic rings. The molecule has 0 saturated carbocycles. The Morgan fingerprint density at radius 3 is 2.62 bits per heavy atom. The van der Waals surface area contributed by atoms with Crippen LogP contribution in [0.15, 0.2) is 36.5 Å². The van der Waals surface area contributed by atoms with Crippen molar-refractivity contribution in [3.05, 3.63) is 53.6 Å². The van der Waals surface area contributed by atoms with Crippen LogP contribution in [0.3, 0.4) is 0 Å². The van der Waals surface area contributed by atoms with Crippen LogP contribution in [0.4, 0.5) is 4.39 Å². The Morgan fingerprint density at radius 2 is 2.00 bits per heavy atom. The van der Waals surface area contributed by atoms with Gasteiger partial charge in [0.1, 0.15) is 23.9 Å². The normalized spacial score (nSPS) is 10.4. The molecule has 0 atom stereocenters. The number of ether oxygens (including phenoxy) is 2. The zero-order valence-electron chi connectivity index (χ0n) is 12.2. The second kappa shape index (κ2) is 7.59. The molecule has 0 bridgehead atoms. The van der Waals surface area contributed by atoms with Gasteiger partial charge in [-0.2, -0.15) is 0 Å². The topological polar surface area (TPSA) is 43.4 Å². The molecule has 0 spiro atoms. The predicted octanol–water partition coefficient (Wildman–Crippen LogP) is 2.92. The summed E-state index contributed by atoms with van der Waals surface area (Å²) in [5.41, 5.74) is 1.42. The number of hydrogen-bond donors (Lipinski definition) is 1. The zero-order valence-corrected chi connectivity index (χ0v) is 12.2. The fourth-order valence-electron chi connectivity index (χ4n) is 1.79. The van der Waals surface area contributed by atoms with E-state index < -0.39 is 0 Å². The standard InChI is InChI=1S/C16H19FN2O2/c1-3-18-9-13-5-7-15(10-19-13)21-11-12-4-6-14(20-2)8-16(12)17/h4-8,10,18H,3,9,11H2,1-2H3. The van der Waals surface area contributed by atoms with Crippen LogP contribution in [0.2, 0.25) is 0 Å². The Balaban J connectivity index is 1.93. The number of pyridine rings is 1. The third-order valence-corrected chi connectivity index (χ3v) is 3.01. The lowest BCUT2D eigenvalue weighted by molar-refractivity contribution is 0.298. The van der Waals surface area contributed by atoms with Gasteiger partial charge in [0.2, 0.25) is 0 Å². The Kier molecular flexibility index (Phi) is 5.51. The highest BCUT2D eigenvalue weighted by molar-refractivity contribution is 5.29. The van der Waals surface area contributed by atoms with Gasteiger partial charge >= 0.3 is 0 Å². The van der Waals surface area contributed by atoms with Gasteiger partial charge in [-0.05, 0) is 30.8 Å². The van der Waals surface area contributed by atoms with Crippen molar-refractivity contribution in [1.82, 2.24) is 10.3 Å². The van der Waals surface area contributed by atoms with Crippen molar-refractivity contribution in [2.24, 2.45) is 0 Å². The molecule has 0 radical (unpaired) electrons. The van der Waals surface area contributed by atoms with E-state index in [4.69, 9.17) is 9.47 Å². The van der Waals surface area contributed by atoms with Crippen molar-refractivity contribution < 1.29 is 13.9 Å². The maximum absolute atomic E-state index is 13.8. The van der Waals surface area contributed by atoms with Gasteiger partial charge in [0.15, 0.2) is 0 Å². The van der Waals surface area contributed by atoms with Crippen LogP contribution in [-0.4, -0.2) is 18.6 Å². The van der Waals surface area contributed by atoms with E-state index in [2.05, 4.69) is 10.3 Å². The minimum absolute atomic E-state index is 0.157. The fourth-order valence-corrected chi connectivity index (χ4v) is 1.79. The summed E-state index contributed by atoms with van der Waals surface area (Å²) < 4.78 is 24.3. The third-order valence-electron chi connectivity index (χ3n) is 3.01. The molecule has 0 fully saturated rings. The van der Waals surface area contributed by atoms with E-state index in [1.807, 2.05) is 19.1 Å². The van der Waals surface area contributed by atoms with Gasteiger partial charge in [0.05, 0.1) is 19.0 Å². The minimum Gasteiger partial charge on any atom is -0.497 e. The van der Waals surface area contributed by atoms with E-state index >= 15 is 0 Å². The van der Waals surface area contributed by atoms with Gasteiger partial charge in [0, 0.05) is 18.2 Å². The predicted molar refractivity (Wildman–Crippen MR) is 78.9 cm³/mol. The molecular formula is C16H19FN2O2. The average molecular weight is 290 g/mol. The first-order chi connectivity index (χ1) is 10.2. The first kappa shape index (κ1) is 15.3. The molecule has 0 saturated heterocycles. The summed E-state index contributed by atoms with van der Waals surface area (Å²) in [5, 5.41) is 3.20. The third kappa shape index (κ3) is 4.43. The van der Waals surface area contributed by atoms with Crippen molar-refractivity contribution in [2.75, 3.05) is 13.7 Å². The van der Waals surface area contributed by atoms with Gasteiger partial charge < -0.3 is 14.8 Å². The van der Waals surface area contributed by atoms with Gasteiger partial charge in [-0.3, -0.25) is 4.98 Å². The van der Waals surface area contributed by atoms with Crippen LogP contribution in [0, 0.1) is 5.82 Å². The summed E-state index contributed by atoms with van der Waals surface area (Å²) in [7, 11) is 1.51. The summed E-state index contributed by atoms with van der Waals surface area (Å²) in [6.07, 6.45) is 1.65. The molecule has 1 N–H and O–H groups in total. The van der Waals surface area contributed by atoms with Crippen molar-refractivity contribution in [3.8, 4) is 11.5 Å². The minimum atomic E-state index is -0.342. The highest BCUT2D eigenvalue weighted by Crippen LogP contribution is 2.18. The molecule has 4 nitrogen and oxygen atoms in total. The number of hydrogen-bond acceptors (Lipinski definition) is 4. The average Bonchev–Trinajstić information content (AvgIpc) is 2.52. The van der Waals surface area contributed by atoms with Gasteiger partial charge in [-0.15, -0.1) is 0 Å². The molecular weight excluding hydrogens is 271 g/mol. The molecule has 112 valence electrons. The molecule has 0 amide bonds. The van der Waals surface area contributed by atoms with Crippen LogP contribution < -0.4 is 14.8 Å². The van der Waals surface area contributed by atoms with Crippen molar-refractivity contribution >= 4 is 0 Å². The Labute approximate surface area is 123 Å². The monoisotopic (exact) mass is 290 g/mol. The summed E-state index contributed by atoms with van der Waals surface area (Å²) >= 11 is 0. The van der Waals surface area contributed by atoms with Crippen LogP contribution in [0.5, 0.6) is 11.5 Å². The number of benzene rings is 1. The summed E-state index contributed by atoms with van der Waals surface area (Å²) in [4.78, 5) is 4.28. The summed E-state index contributed by atoms with van der Waals surface area (Å²) in [5.74, 6) is 0.766.